The Labute approximate surface area is 117 Å². The lowest BCUT2D eigenvalue weighted by atomic mass is 9.95. The Kier molecular flexibility index (Phi) is 3.14. The van der Waals surface area contributed by atoms with Crippen molar-refractivity contribution >= 4 is 17.2 Å². The van der Waals surface area contributed by atoms with Crippen LogP contribution < -0.4 is 10.6 Å². The number of rotatable bonds is 2. The van der Waals surface area contributed by atoms with Crippen molar-refractivity contribution in [3.63, 3.8) is 0 Å². The van der Waals surface area contributed by atoms with E-state index in [2.05, 4.69) is 39.4 Å². The second-order valence-corrected chi connectivity index (χ2v) is 5.13. The summed E-state index contributed by atoms with van der Waals surface area (Å²) in [6.07, 6.45) is 1.01. The van der Waals surface area contributed by atoms with Crippen LogP contribution in [-0.4, -0.2) is 33.3 Å². The molecule has 2 heterocycles. The molecule has 1 aliphatic rings. The summed E-state index contributed by atoms with van der Waals surface area (Å²) < 4.78 is 0. The van der Waals surface area contributed by atoms with Gasteiger partial charge in [0.25, 0.3) is 5.95 Å². The van der Waals surface area contributed by atoms with E-state index >= 15 is 0 Å². The summed E-state index contributed by atoms with van der Waals surface area (Å²) in [5, 5.41) is 12.3. The average molecular weight is 270 g/mol. The minimum Gasteiger partial charge on any atom is -0.399 e. The molecule has 0 spiro atoms. The SMILES string of the molecule is CC1=C(c2ccc(N)cc2)CN(c2nnn(C)n2)CC1. The monoisotopic (exact) mass is 270 g/mol. The van der Waals surface area contributed by atoms with Gasteiger partial charge in [-0.25, -0.2) is 0 Å². The Morgan fingerprint density at radius 1 is 1.20 bits per heavy atom. The first-order valence-electron chi connectivity index (χ1n) is 6.67. The molecule has 2 N–H and O–H groups in total. The number of nitrogens with zero attached hydrogens (tertiary/aromatic N) is 5. The number of nitrogen functional groups attached to an aromatic ring is 1. The zero-order valence-corrected chi connectivity index (χ0v) is 11.7. The van der Waals surface area contributed by atoms with Gasteiger partial charge in [-0.1, -0.05) is 22.8 Å². The summed E-state index contributed by atoms with van der Waals surface area (Å²) in [5.74, 6) is 0.688. The van der Waals surface area contributed by atoms with Crippen molar-refractivity contribution in [2.24, 2.45) is 7.05 Å². The molecule has 1 aromatic heterocycles. The number of hydrogen-bond acceptors (Lipinski definition) is 5. The predicted molar refractivity (Wildman–Crippen MR) is 79.1 cm³/mol. The molecule has 0 fully saturated rings. The van der Waals surface area contributed by atoms with Gasteiger partial charge in [0.05, 0.1) is 7.05 Å². The van der Waals surface area contributed by atoms with Crippen molar-refractivity contribution in [2.45, 2.75) is 13.3 Å². The van der Waals surface area contributed by atoms with E-state index in [1.165, 1.54) is 21.5 Å². The third kappa shape index (κ3) is 2.36. The number of nitrogens with two attached hydrogens (primary N) is 1. The zero-order valence-electron chi connectivity index (χ0n) is 11.7. The lowest BCUT2D eigenvalue weighted by Gasteiger charge is -2.29. The molecule has 104 valence electrons. The number of hydrogen-bond donors (Lipinski definition) is 1. The van der Waals surface area contributed by atoms with E-state index in [1.807, 2.05) is 12.1 Å². The number of benzene rings is 1. The van der Waals surface area contributed by atoms with E-state index < -0.39 is 0 Å². The van der Waals surface area contributed by atoms with Crippen LogP contribution in [0.15, 0.2) is 29.8 Å². The van der Waals surface area contributed by atoms with Crippen molar-refractivity contribution in [3.8, 4) is 0 Å². The van der Waals surface area contributed by atoms with Gasteiger partial charge in [-0.2, -0.15) is 4.80 Å². The van der Waals surface area contributed by atoms with Gasteiger partial charge in [0.15, 0.2) is 0 Å². The van der Waals surface area contributed by atoms with Gasteiger partial charge in [0.2, 0.25) is 0 Å². The molecular weight excluding hydrogens is 252 g/mol. The molecule has 2 aromatic rings. The highest BCUT2D eigenvalue weighted by atomic mass is 15.6. The first-order chi connectivity index (χ1) is 9.63. The van der Waals surface area contributed by atoms with E-state index in [0.717, 1.165) is 25.2 Å². The Balaban J connectivity index is 1.88. The second-order valence-electron chi connectivity index (χ2n) is 5.13. The Morgan fingerprint density at radius 3 is 2.60 bits per heavy atom. The molecule has 0 atom stereocenters. The predicted octanol–water partition coefficient (Wildman–Crippen LogP) is 1.48. The van der Waals surface area contributed by atoms with Gasteiger partial charge >= 0.3 is 0 Å². The van der Waals surface area contributed by atoms with E-state index in [9.17, 15) is 0 Å². The van der Waals surface area contributed by atoms with Crippen LogP contribution in [0.4, 0.5) is 11.6 Å². The Morgan fingerprint density at radius 2 is 1.95 bits per heavy atom. The molecule has 1 aliphatic heterocycles. The van der Waals surface area contributed by atoms with Gasteiger partial charge in [-0.05, 0) is 41.8 Å². The molecular formula is C14H18N6. The average Bonchev–Trinajstić information content (AvgIpc) is 2.87. The maximum Gasteiger partial charge on any atom is 0.266 e. The summed E-state index contributed by atoms with van der Waals surface area (Å²) in [7, 11) is 1.78. The molecule has 1 aromatic carbocycles. The van der Waals surface area contributed by atoms with Crippen LogP contribution in [0.2, 0.25) is 0 Å². The van der Waals surface area contributed by atoms with Crippen LogP contribution in [-0.2, 0) is 7.05 Å². The minimum atomic E-state index is 0.688. The summed E-state index contributed by atoms with van der Waals surface area (Å²) in [6, 6.07) is 8.02. The number of anilines is 2. The second kappa shape index (κ2) is 4.96. The van der Waals surface area contributed by atoms with E-state index in [4.69, 9.17) is 5.73 Å². The fourth-order valence-corrected chi connectivity index (χ4v) is 2.45. The van der Waals surface area contributed by atoms with Crippen LogP contribution in [0.1, 0.15) is 18.9 Å². The molecule has 0 bridgehead atoms. The van der Waals surface area contributed by atoms with Crippen LogP contribution >= 0.6 is 0 Å². The molecule has 0 amide bonds. The molecule has 0 saturated heterocycles. The minimum absolute atomic E-state index is 0.688. The Bertz CT molecular complexity index is 640. The van der Waals surface area contributed by atoms with Crippen molar-refractivity contribution in [3.05, 3.63) is 35.4 Å². The van der Waals surface area contributed by atoms with E-state index in [0.29, 0.717) is 5.95 Å². The Hall–Kier alpha value is -2.37. The first kappa shape index (κ1) is 12.7. The van der Waals surface area contributed by atoms with Crippen LogP contribution in [0, 0.1) is 0 Å². The summed E-state index contributed by atoms with van der Waals surface area (Å²) in [4.78, 5) is 3.65. The highest BCUT2D eigenvalue weighted by Gasteiger charge is 2.20. The normalized spacial score (nSPS) is 15.8. The van der Waals surface area contributed by atoms with Gasteiger partial charge in [-0.3, -0.25) is 0 Å². The molecule has 0 unspecified atom stereocenters. The van der Waals surface area contributed by atoms with E-state index in [1.54, 1.807) is 7.05 Å². The maximum absolute atomic E-state index is 5.75. The molecule has 0 aliphatic carbocycles. The van der Waals surface area contributed by atoms with Gasteiger partial charge in [0, 0.05) is 18.8 Å². The molecule has 0 saturated carbocycles. The summed E-state index contributed by atoms with van der Waals surface area (Å²) in [6.45, 7) is 3.92. The van der Waals surface area contributed by atoms with Gasteiger partial charge in [0.1, 0.15) is 0 Å². The highest BCUT2D eigenvalue weighted by molar-refractivity contribution is 5.74. The zero-order chi connectivity index (χ0) is 14.1. The first-order valence-corrected chi connectivity index (χ1v) is 6.67. The van der Waals surface area contributed by atoms with Gasteiger partial charge < -0.3 is 10.6 Å². The fraction of sp³-hybridized carbons (Fsp3) is 0.357. The topological polar surface area (TPSA) is 72.9 Å². The lowest BCUT2D eigenvalue weighted by molar-refractivity contribution is 0.628. The largest absolute Gasteiger partial charge is 0.399 e. The highest BCUT2D eigenvalue weighted by Crippen LogP contribution is 2.28. The smallest absolute Gasteiger partial charge is 0.266 e. The van der Waals surface area contributed by atoms with Crippen molar-refractivity contribution in [1.29, 1.82) is 0 Å². The standard InChI is InChI=1S/C14H18N6/c1-10-7-8-20(14-16-18-19(2)17-14)9-13(10)11-3-5-12(15)6-4-11/h3-6H,7-9,15H2,1-2H3. The molecule has 6 nitrogen and oxygen atoms in total. The van der Waals surface area contributed by atoms with Crippen LogP contribution in [0.5, 0.6) is 0 Å². The van der Waals surface area contributed by atoms with Crippen molar-refractivity contribution < 1.29 is 0 Å². The molecule has 3 rings (SSSR count). The third-order valence-corrected chi connectivity index (χ3v) is 3.66. The van der Waals surface area contributed by atoms with Crippen LogP contribution in [0.3, 0.4) is 0 Å². The number of aryl methyl sites for hydroxylation is 1. The molecule has 6 heteroatoms. The number of aromatic nitrogens is 4. The number of tetrazole rings is 1. The maximum atomic E-state index is 5.75. The summed E-state index contributed by atoms with van der Waals surface area (Å²) in [5.41, 5.74) is 10.5. The summed E-state index contributed by atoms with van der Waals surface area (Å²) >= 11 is 0. The lowest BCUT2D eigenvalue weighted by Crippen LogP contribution is -2.31. The van der Waals surface area contributed by atoms with Crippen LogP contribution in [0.25, 0.3) is 5.57 Å². The quantitative estimate of drug-likeness (QED) is 0.837. The van der Waals surface area contributed by atoms with Crippen molar-refractivity contribution in [2.75, 3.05) is 23.7 Å². The third-order valence-electron chi connectivity index (χ3n) is 3.66. The van der Waals surface area contributed by atoms with E-state index in [-0.39, 0.29) is 0 Å². The van der Waals surface area contributed by atoms with Gasteiger partial charge in [-0.15, -0.1) is 5.10 Å². The molecule has 0 radical (unpaired) electrons. The molecule has 20 heavy (non-hydrogen) atoms. The van der Waals surface area contributed by atoms with Crippen molar-refractivity contribution in [1.82, 2.24) is 20.2 Å². The fourth-order valence-electron chi connectivity index (χ4n) is 2.45.